The van der Waals surface area contributed by atoms with Gasteiger partial charge in [-0.3, -0.25) is 9.59 Å². The minimum atomic E-state index is -1.53. The van der Waals surface area contributed by atoms with E-state index in [1.54, 1.807) is 0 Å². The largest absolute Gasteiger partial charge is 0.477 e. The number of rotatable bonds is 67. The first-order valence-electron chi connectivity index (χ1n) is 36.4. The van der Waals surface area contributed by atoms with Gasteiger partial charge in [-0.25, -0.2) is 4.79 Å². The SMILES string of the molecule is CC/C=C\C/C=C\C/C=C\C/C=C\C/C=C\C/C=C\C/C=C\C/C=C\CCCCC(=O)OC(COC(=O)CCCCCCCCCCCCCCCCCCCCCCCCCCCCCCCCCCCCC)COC(OCC[N+](C)(C)C)C(=O)O. The van der Waals surface area contributed by atoms with Gasteiger partial charge in [0, 0.05) is 12.8 Å². The molecule has 0 aliphatic rings. The Kier molecular flexibility index (Phi) is 65.2. The highest BCUT2D eigenvalue weighted by Crippen LogP contribution is 2.18. The molecule has 0 aliphatic heterocycles. The molecule has 0 aromatic carbocycles. The normalized spacial score (nSPS) is 13.3. The van der Waals surface area contributed by atoms with E-state index in [0.717, 1.165) is 83.5 Å². The van der Waals surface area contributed by atoms with Gasteiger partial charge < -0.3 is 28.5 Å². The molecule has 0 heterocycles. The zero-order valence-electron chi connectivity index (χ0n) is 57.4. The van der Waals surface area contributed by atoms with E-state index in [1.165, 1.54) is 205 Å². The smallest absolute Gasteiger partial charge is 0.361 e. The van der Waals surface area contributed by atoms with E-state index < -0.39 is 24.3 Å². The van der Waals surface area contributed by atoms with Crippen LogP contribution in [-0.4, -0.2) is 87.4 Å². The monoisotopic (exact) mass is 1220 g/mol. The van der Waals surface area contributed by atoms with Crippen LogP contribution in [0.25, 0.3) is 0 Å². The molecule has 9 heteroatoms. The third-order valence-electron chi connectivity index (χ3n) is 15.9. The minimum Gasteiger partial charge on any atom is -0.477 e. The summed E-state index contributed by atoms with van der Waals surface area (Å²) in [6, 6.07) is 0. The summed E-state index contributed by atoms with van der Waals surface area (Å²) in [6.45, 7) is 4.75. The summed E-state index contributed by atoms with van der Waals surface area (Å²) < 4.78 is 22.9. The highest BCUT2D eigenvalue weighted by atomic mass is 16.7. The first-order valence-corrected chi connectivity index (χ1v) is 36.4. The Bertz CT molecular complexity index is 1750. The Morgan fingerprint density at radius 1 is 0.356 bits per heavy atom. The van der Waals surface area contributed by atoms with Crippen LogP contribution in [0.1, 0.15) is 322 Å². The van der Waals surface area contributed by atoms with Crippen LogP contribution in [0.2, 0.25) is 0 Å². The second-order valence-corrected chi connectivity index (χ2v) is 25.5. The Morgan fingerprint density at radius 3 is 0.977 bits per heavy atom. The number of likely N-dealkylation sites (N-methyl/N-ethyl adjacent to an activating group) is 1. The highest BCUT2D eigenvalue weighted by Gasteiger charge is 2.25. The number of nitrogens with zero attached hydrogens (tertiary/aromatic N) is 1. The van der Waals surface area contributed by atoms with Crippen molar-refractivity contribution in [1.82, 2.24) is 0 Å². The number of carbonyl (C=O) groups is 3. The molecule has 0 radical (unpaired) electrons. The van der Waals surface area contributed by atoms with Crippen LogP contribution in [0, 0.1) is 0 Å². The van der Waals surface area contributed by atoms with Gasteiger partial charge in [0.15, 0.2) is 6.10 Å². The van der Waals surface area contributed by atoms with Crippen molar-refractivity contribution < 1.29 is 42.9 Å². The second kappa shape index (κ2) is 68.1. The molecular weight excluding hydrogens is 1080 g/mol. The first kappa shape index (κ1) is 83.2. The molecule has 2 unspecified atom stereocenters. The molecule has 0 rings (SSSR count). The number of carboxylic acid groups (broad SMARTS) is 1. The summed E-state index contributed by atoms with van der Waals surface area (Å²) in [6.07, 6.45) is 91.2. The van der Waals surface area contributed by atoms with Crippen LogP contribution >= 0.6 is 0 Å². The van der Waals surface area contributed by atoms with Crippen molar-refractivity contribution in [3.63, 3.8) is 0 Å². The van der Waals surface area contributed by atoms with E-state index in [4.69, 9.17) is 18.9 Å². The summed E-state index contributed by atoms with van der Waals surface area (Å²) >= 11 is 0. The molecule has 0 aliphatic carbocycles. The lowest BCUT2D eigenvalue weighted by molar-refractivity contribution is -0.870. The number of esters is 2. The topological polar surface area (TPSA) is 108 Å². The van der Waals surface area contributed by atoms with Crippen molar-refractivity contribution >= 4 is 17.9 Å². The fraction of sp³-hybridized carbons (Fsp3) is 0.756. The summed E-state index contributed by atoms with van der Waals surface area (Å²) in [7, 11) is 5.96. The molecule has 0 fully saturated rings. The molecule has 0 spiro atoms. The molecular formula is C78H138NO8+. The van der Waals surface area contributed by atoms with Crippen molar-refractivity contribution in [1.29, 1.82) is 0 Å². The van der Waals surface area contributed by atoms with Gasteiger partial charge in [-0.15, -0.1) is 0 Å². The van der Waals surface area contributed by atoms with Crippen molar-refractivity contribution in [2.24, 2.45) is 0 Å². The molecule has 87 heavy (non-hydrogen) atoms. The Labute approximate surface area is 537 Å². The number of carboxylic acids is 1. The van der Waals surface area contributed by atoms with Crippen molar-refractivity contribution in [2.45, 2.75) is 334 Å². The fourth-order valence-electron chi connectivity index (χ4n) is 10.3. The van der Waals surface area contributed by atoms with E-state index in [-0.39, 0.29) is 32.2 Å². The molecule has 0 saturated carbocycles. The van der Waals surface area contributed by atoms with E-state index in [9.17, 15) is 19.5 Å². The first-order chi connectivity index (χ1) is 42.6. The zero-order chi connectivity index (χ0) is 63.3. The molecule has 502 valence electrons. The Hall–Kier alpha value is -3.79. The van der Waals surface area contributed by atoms with Crippen LogP contribution in [0.5, 0.6) is 0 Å². The second-order valence-electron chi connectivity index (χ2n) is 25.5. The maximum atomic E-state index is 12.9. The predicted molar refractivity (Wildman–Crippen MR) is 373 cm³/mol. The van der Waals surface area contributed by atoms with Crippen molar-refractivity contribution in [2.75, 3.05) is 47.5 Å². The molecule has 0 aromatic heterocycles. The van der Waals surface area contributed by atoms with Gasteiger partial charge in [-0.05, 0) is 77.0 Å². The van der Waals surface area contributed by atoms with Gasteiger partial charge in [0.05, 0.1) is 34.4 Å². The third kappa shape index (κ3) is 69.5. The molecule has 1 N–H and O–H groups in total. The number of unbranched alkanes of at least 4 members (excludes halogenated alkanes) is 36. The number of ether oxygens (including phenoxy) is 4. The maximum absolute atomic E-state index is 12.9. The molecule has 0 bridgehead atoms. The quantitative estimate of drug-likeness (QED) is 0.0211. The molecule has 0 amide bonds. The van der Waals surface area contributed by atoms with Crippen LogP contribution in [0.3, 0.4) is 0 Å². The lowest BCUT2D eigenvalue weighted by atomic mass is 10.0. The minimum absolute atomic E-state index is 0.175. The van der Waals surface area contributed by atoms with Crippen molar-refractivity contribution in [3.8, 4) is 0 Å². The van der Waals surface area contributed by atoms with E-state index >= 15 is 0 Å². The summed E-state index contributed by atoms with van der Waals surface area (Å²) in [5, 5.41) is 9.74. The molecule has 2 atom stereocenters. The molecule has 9 nitrogen and oxygen atoms in total. The average Bonchev–Trinajstić information content (AvgIpc) is 3.56. The highest BCUT2D eigenvalue weighted by molar-refractivity contribution is 5.71. The number of hydrogen-bond donors (Lipinski definition) is 1. The van der Waals surface area contributed by atoms with Gasteiger partial charge in [-0.1, -0.05) is 329 Å². The van der Waals surface area contributed by atoms with E-state index in [1.807, 2.05) is 21.1 Å². The van der Waals surface area contributed by atoms with Gasteiger partial charge in [0.25, 0.3) is 6.29 Å². The van der Waals surface area contributed by atoms with Crippen LogP contribution in [0.4, 0.5) is 0 Å². The van der Waals surface area contributed by atoms with Crippen LogP contribution < -0.4 is 0 Å². The standard InChI is InChI=1S/C78H137NO8/c1-6-8-10-12-14-16-18-20-22-24-26-28-30-32-34-35-36-37-38-39-40-41-43-44-46-48-50-52-54-56-58-60-62-64-66-68-75(80)85-72-74(73-86-78(77(82)83)84-71-70-79(3,4)5)87-76(81)69-67-65-63-61-59-57-55-53-51-49-47-45-42-33-31-29-27-25-23-21-19-17-15-13-11-9-7-2/h9,11,15,17,21,23,27,29,33,42,47,49,53,55,59,61,74,78H,6-8,10,12-14,16,18-20,22,24-26,28,30-32,34-41,43-46,48,50-52,54,56-58,60,62-73H2,1-5H3/p+1/b11-9-,17-15-,23-21-,29-27-,42-33-,49-47-,55-53-,61-59-. The number of quaternary nitrogens is 1. The predicted octanol–water partition coefficient (Wildman–Crippen LogP) is 22.8. The van der Waals surface area contributed by atoms with Crippen LogP contribution in [0.15, 0.2) is 97.2 Å². The lowest BCUT2D eigenvalue weighted by Crippen LogP contribution is -2.40. The van der Waals surface area contributed by atoms with Gasteiger partial charge in [0.2, 0.25) is 0 Å². The number of aliphatic carboxylic acids is 1. The lowest BCUT2D eigenvalue weighted by Gasteiger charge is -2.25. The molecule has 0 saturated heterocycles. The van der Waals surface area contributed by atoms with Gasteiger partial charge in [0.1, 0.15) is 13.2 Å². The summed E-state index contributed by atoms with van der Waals surface area (Å²) in [5.74, 6) is -2.06. The third-order valence-corrected chi connectivity index (χ3v) is 15.9. The average molecular weight is 1220 g/mol. The molecule has 0 aromatic rings. The van der Waals surface area contributed by atoms with Gasteiger partial charge >= 0.3 is 17.9 Å². The number of carbonyl (C=O) groups excluding carboxylic acids is 2. The van der Waals surface area contributed by atoms with Gasteiger partial charge in [-0.2, -0.15) is 0 Å². The zero-order valence-corrected chi connectivity index (χ0v) is 57.4. The number of allylic oxidation sites excluding steroid dienone is 16. The summed E-state index contributed by atoms with van der Waals surface area (Å²) in [4.78, 5) is 37.6. The van der Waals surface area contributed by atoms with Crippen molar-refractivity contribution in [3.05, 3.63) is 97.2 Å². The van der Waals surface area contributed by atoms with Crippen LogP contribution in [-0.2, 0) is 33.3 Å². The Morgan fingerprint density at radius 2 is 0.655 bits per heavy atom. The van der Waals surface area contributed by atoms with E-state index in [2.05, 4.69) is 111 Å². The van der Waals surface area contributed by atoms with E-state index in [0.29, 0.717) is 23.9 Å². The Balaban J connectivity index is 4.12. The maximum Gasteiger partial charge on any atom is 0.361 e. The summed E-state index contributed by atoms with van der Waals surface area (Å²) in [5.41, 5.74) is 0. The fourth-order valence-corrected chi connectivity index (χ4v) is 10.3. The number of hydrogen-bond acceptors (Lipinski definition) is 7.